The Morgan fingerprint density at radius 1 is 0.800 bits per heavy atom. The summed E-state index contributed by atoms with van der Waals surface area (Å²) < 4.78 is 6.43. The van der Waals surface area contributed by atoms with E-state index in [1.807, 2.05) is 54.6 Å². The number of rotatable bonds is 6. The van der Waals surface area contributed by atoms with E-state index < -0.39 is 23.8 Å². The Hall–Kier alpha value is -3.25. The number of imide groups is 1. The van der Waals surface area contributed by atoms with Crippen LogP contribution in [0.4, 0.5) is 0 Å². The van der Waals surface area contributed by atoms with E-state index in [2.05, 4.69) is 15.9 Å². The third kappa shape index (κ3) is 4.04. The minimum absolute atomic E-state index is 0.0561. The summed E-state index contributed by atoms with van der Waals surface area (Å²) in [6.45, 7) is 0.0561. The van der Waals surface area contributed by atoms with Crippen molar-refractivity contribution in [3.8, 4) is 0 Å². The van der Waals surface area contributed by atoms with Crippen LogP contribution in [0.2, 0.25) is 0 Å². The van der Waals surface area contributed by atoms with Gasteiger partial charge in [0, 0.05) is 10.9 Å². The summed E-state index contributed by atoms with van der Waals surface area (Å²) in [4.78, 5) is 40.0. The molecule has 3 aromatic rings. The minimum atomic E-state index is -1.05. The molecule has 30 heavy (non-hydrogen) atoms. The van der Waals surface area contributed by atoms with Gasteiger partial charge in [0.2, 0.25) is 0 Å². The van der Waals surface area contributed by atoms with Crippen molar-refractivity contribution in [2.24, 2.45) is 0 Å². The van der Waals surface area contributed by atoms with Gasteiger partial charge >= 0.3 is 5.97 Å². The summed E-state index contributed by atoms with van der Waals surface area (Å²) in [5.41, 5.74) is 2.26. The fraction of sp³-hybridized carbons (Fsp3) is 0.125. The predicted molar refractivity (Wildman–Crippen MR) is 115 cm³/mol. The summed E-state index contributed by atoms with van der Waals surface area (Å²) in [6, 6.07) is 22.2. The topological polar surface area (TPSA) is 63.7 Å². The lowest BCUT2D eigenvalue weighted by atomic mass is 10.0. The van der Waals surface area contributed by atoms with Gasteiger partial charge in [-0.15, -0.1) is 0 Å². The highest BCUT2D eigenvalue weighted by Gasteiger charge is 2.43. The highest BCUT2D eigenvalue weighted by atomic mass is 79.9. The Kier molecular flexibility index (Phi) is 5.77. The molecule has 0 N–H and O–H groups in total. The monoisotopic (exact) mass is 463 g/mol. The number of hydrogen-bond acceptors (Lipinski definition) is 4. The lowest BCUT2D eigenvalue weighted by molar-refractivity contribution is -0.149. The zero-order valence-corrected chi connectivity index (χ0v) is 17.5. The van der Waals surface area contributed by atoms with Gasteiger partial charge in [0.1, 0.15) is 12.6 Å². The number of ether oxygens (including phenoxy) is 1. The summed E-state index contributed by atoms with van der Waals surface area (Å²) in [5.74, 6) is -1.56. The van der Waals surface area contributed by atoms with Crippen LogP contribution >= 0.6 is 15.9 Å². The van der Waals surface area contributed by atoms with Crippen LogP contribution in [0, 0.1) is 0 Å². The molecule has 6 heteroatoms. The van der Waals surface area contributed by atoms with Crippen molar-refractivity contribution in [1.82, 2.24) is 4.90 Å². The van der Waals surface area contributed by atoms with E-state index in [0.29, 0.717) is 11.1 Å². The van der Waals surface area contributed by atoms with Gasteiger partial charge in [0.05, 0.1) is 11.1 Å². The van der Waals surface area contributed by atoms with E-state index in [1.54, 1.807) is 24.3 Å². The maximum Gasteiger partial charge on any atom is 0.330 e. The van der Waals surface area contributed by atoms with Crippen molar-refractivity contribution < 1.29 is 19.1 Å². The van der Waals surface area contributed by atoms with Crippen LogP contribution in [-0.2, 0) is 22.6 Å². The lowest BCUT2D eigenvalue weighted by Crippen LogP contribution is -2.47. The van der Waals surface area contributed by atoms with Crippen molar-refractivity contribution >= 4 is 33.7 Å². The van der Waals surface area contributed by atoms with Gasteiger partial charge in [0.25, 0.3) is 11.8 Å². The smallest absolute Gasteiger partial charge is 0.330 e. The Morgan fingerprint density at radius 3 is 1.97 bits per heavy atom. The third-order valence-electron chi connectivity index (χ3n) is 4.98. The Labute approximate surface area is 182 Å². The highest BCUT2D eigenvalue weighted by molar-refractivity contribution is 9.10. The van der Waals surface area contributed by atoms with Crippen LogP contribution in [0.15, 0.2) is 83.3 Å². The fourth-order valence-electron chi connectivity index (χ4n) is 3.44. The summed E-state index contributed by atoms with van der Waals surface area (Å²) >= 11 is 3.37. The first-order valence-corrected chi connectivity index (χ1v) is 10.3. The SMILES string of the molecule is O=C(OCc1ccc(Br)cc1)C(Cc1ccccc1)N1C(=O)c2ccccc2C1=O. The molecule has 2 amide bonds. The maximum atomic E-state index is 13.0. The van der Waals surface area contributed by atoms with E-state index in [1.165, 1.54) is 0 Å². The van der Waals surface area contributed by atoms with Crippen LogP contribution in [-0.4, -0.2) is 28.7 Å². The average molecular weight is 464 g/mol. The molecule has 0 saturated carbocycles. The molecular formula is C24H18BrNO4. The summed E-state index contributed by atoms with van der Waals surface area (Å²) in [6.07, 6.45) is 0.186. The first-order chi connectivity index (χ1) is 14.5. The van der Waals surface area contributed by atoms with Crippen LogP contribution in [0.1, 0.15) is 31.8 Å². The Bertz CT molecular complexity index is 1060. The van der Waals surface area contributed by atoms with E-state index >= 15 is 0 Å². The Balaban J connectivity index is 1.60. The molecule has 4 rings (SSSR count). The number of hydrogen-bond donors (Lipinski definition) is 0. The molecule has 0 saturated heterocycles. The van der Waals surface area contributed by atoms with E-state index in [4.69, 9.17) is 4.74 Å². The molecule has 0 spiro atoms. The van der Waals surface area contributed by atoms with E-state index in [0.717, 1.165) is 20.5 Å². The molecule has 5 nitrogen and oxygen atoms in total. The average Bonchev–Trinajstić information content (AvgIpc) is 3.02. The standard InChI is InChI=1S/C24H18BrNO4/c25-18-12-10-17(11-13-18)15-30-24(29)21(14-16-6-2-1-3-7-16)26-22(27)19-8-4-5-9-20(19)23(26)28/h1-13,21H,14-15H2. The van der Waals surface area contributed by atoms with E-state index in [-0.39, 0.29) is 13.0 Å². The molecule has 1 aliphatic heterocycles. The molecule has 1 heterocycles. The minimum Gasteiger partial charge on any atom is -0.459 e. The van der Waals surface area contributed by atoms with E-state index in [9.17, 15) is 14.4 Å². The van der Waals surface area contributed by atoms with Gasteiger partial charge in [0.15, 0.2) is 0 Å². The molecule has 0 radical (unpaired) electrons. The van der Waals surface area contributed by atoms with Gasteiger partial charge in [-0.3, -0.25) is 14.5 Å². The number of benzene rings is 3. The summed E-state index contributed by atoms with van der Waals surface area (Å²) in [7, 11) is 0. The van der Waals surface area contributed by atoms with Crippen LogP contribution in [0.3, 0.4) is 0 Å². The van der Waals surface area contributed by atoms with Gasteiger partial charge in [-0.25, -0.2) is 4.79 Å². The molecule has 0 bridgehead atoms. The molecule has 1 atom stereocenters. The number of nitrogens with zero attached hydrogens (tertiary/aromatic N) is 1. The van der Waals surface area contributed by atoms with Crippen molar-refractivity contribution in [3.05, 3.63) is 106 Å². The van der Waals surface area contributed by atoms with Gasteiger partial charge in [-0.05, 0) is 35.4 Å². The second kappa shape index (κ2) is 8.63. The lowest BCUT2D eigenvalue weighted by Gasteiger charge is -2.24. The first-order valence-electron chi connectivity index (χ1n) is 9.46. The van der Waals surface area contributed by atoms with Gasteiger partial charge in [-0.1, -0.05) is 70.5 Å². The molecule has 0 aromatic heterocycles. The van der Waals surface area contributed by atoms with Crippen molar-refractivity contribution in [2.75, 3.05) is 0 Å². The molecule has 150 valence electrons. The molecular weight excluding hydrogens is 446 g/mol. The Morgan fingerprint density at radius 2 is 1.37 bits per heavy atom. The zero-order chi connectivity index (χ0) is 21.1. The third-order valence-corrected chi connectivity index (χ3v) is 5.50. The van der Waals surface area contributed by atoms with Gasteiger partial charge < -0.3 is 4.74 Å². The molecule has 1 unspecified atom stereocenters. The quantitative estimate of drug-likeness (QED) is 0.401. The number of carbonyl (C=O) groups excluding carboxylic acids is 3. The fourth-order valence-corrected chi connectivity index (χ4v) is 3.70. The first kappa shape index (κ1) is 20.0. The number of esters is 1. The predicted octanol–water partition coefficient (Wildman–Crippen LogP) is 4.40. The number of carbonyl (C=O) groups is 3. The normalized spacial score (nSPS) is 13.8. The van der Waals surface area contributed by atoms with Crippen LogP contribution in [0.5, 0.6) is 0 Å². The van der Waals surface area contributed by atoms with Crippen molar-refractivity contribution in [2.45, 2.75) is 19.1 Å². The molecule has 0 fully saturated rings. The molecule has 0 aliphatic carbocycles. The van der Waals surface area contributed by atoms with Crippen molar-refractivity contribution in [3.63, 3.8) is 0 Å². The summed E-state index contributed by atoms with van der Waals surface area (Å²) in [5, 5.41) is 0. The van der Waals surface area contributed by atoms with Gasteiger partial charge in [-0.2, -0.15) is 0 Å². The highest BCUT2D eigenvalue weighted by Crippen LogP contribution is 2.26. The van der Waals surface area contributed by atoms with Crippen molar-refractivity contribution in [1.29, 1.82) is 0 Å². The molecule has 1 aliphatic rings. The second-order valence-electron chi connectivity index (χ2n) is 6.97. The number of amides is 2. The largest absolute Gasteiger partial charge is 0.459 e. The molecule has 3 aromatic carbocycles. The number of halogens is 1. The van der Waals surface area contributed by atoms with Crippen LogP contribution < -0.4 is 0 Å². The second-order valence-corrected chi connectivity index (χ2v) is 7.88. The number of fused-ring (bicyclic) bond motifs is 1. The maximum absolute atomic E-state index is 13.0. The van der Waals surface area contributed by atoms with Crippen LogP contribution in [0.25, 0.3) is 0 Å². The zero-order valence-electron chi connectivity index (χ0n) is 16.0.